The molecule has 0 aliphatic carbocycles. The van der Waals surface area contributed by atoms with Crippen LogP contribution in [0.4, 0.5) is 5.69 Å². The summed E-state index contributed by atoms with van der Waals surface area (Å²) in [6.07, 6.45) is 1.51. The number of amides is 2. The highest BCUT2D eigenvalue weighted by Gasteiger charge is 2.34. The summed E-state index contributed by atoms with van der Waals surface area (Å²) in [4.78, 5) is 38.4. The molecule has 0 atom stereocenters. The molecular formula is C24H18N2O5S. The Kier molecular flexibility index (Phi) is 5.70. The second kappa shape index (κ2) is 8.60. The average Bonchev–Trinajstić information content (AvgIpc) is 2.78. The Morgan fingerprint density at radius 1 is 1.09 bits per heavy atom. The normalized spacial score (nSPS) is 15.2. The standard InChI is InChI=1S/C24H18N2O5S/c1-2-31-20-11-10-14(17-8-3-4-9-18(17)20)13-19-21(27)25-24(32)26(22(19)28)16-7-5-6-15(12-16)23(29)30/h3-13H,2H2,1H3,(H,29,30)(H,25,27,32). The maximum absolute atomic E-state index is 13.3. The molecule has 1 aliphatic heterocycles. The fourth-order valence-electron chi connectivity index (χ4n) is 3.53. The number of fused-ring (bicyclic) bond motifs is 1. The Balaban J connectivity index is 1.80. The Labute approximate surface area is 188 Å². The maximum Gasteiger partial charge on any atom is 0.335 e. The van der Waals surface area contributed by atoms with Gasteiger partial charge in [-0.05, 0) is 60.4 Å². The van der Waals surface area contributed by atoms with Gasteiger partial charge in [0, 0.05) is 5.39 Å². The number of carboxylic acid groups (broad SMARTS) is 1. The van der Waals surface area contributed by atoms with E-state index in [0.29, 0.717) is 17.9 Å². The summed E-state index contributed by atoms with van der Waals surface area (Å²) < 4.78 is 5.69. The molecular weight excluding hydrogens is 428 g/mol. The quantitative estimate of drug-likeness (QED) is 0.352. The first-order chi connectivity index (χ1) is 15.4. The zero-order valence-corrected chi connectivity index (χ0v) is 17.8. The number of benzene rings is 3. The second-order valence-electron chi connectivity index (χ2n) is 6.94. The number of carbonyl (C=O) groups is 3. The summed E-state index contributed by atoms with van der Waals surface area (Å²) in [5.41, 5.74) is 0.795. The topological polar surface area (TPSA) is 95.9 Å². The van der Waals surface area contributed by atoms with Gasteiger partial charge in [0.2, 0.25) is 0 Å². The molecule has 8 heteroatoms. The van der Waals surface area contributed by atoms with Crippen LogP contribution in [0.25, 0.3) is 16.8 Å². The van der Waals surface area contributed by atoms with Gasteiger partial charge in [0.25, 0.3) is 11.8 Å². The van der Waals surface area contributed by atoms with E-state index in [2.05, 4.69) is 5.32 Å². The first kappa shape index (κ1) is 21.2. The van der Waals surface area contributed by atoms with Crippen LogP contribution in [-0.2, 0) is 9.59 Å². The van der Waals surface area contributed by atoms with E-state index in [0.717, 1.165) is 15.7 Å². The van der Waals surface area contributed by atoms with E-state index in [1.165, 1.54) is 24.3 Å². The van der Waals surface area contributed by atoms with Crippen molar-refractivity contribution in [2.24, 2.45) is 0 Å². The van der Waals surface area contributed by atoms with Crippen molar-refractivity contribution in [1.82, 2.24) is 5.32 Å². The van der Waals surface area contributed by atoms with Crippen molar-refractivity contribution in [1.29, 1.82) is 0 Å². The summed E-state index contributed by atoms with van der Waals surface area (Å²) >= 11 is 5.19. The van der Waals surface area contributed by atoms with E-state index in [4.69, 9.17) is 17.0 Å². The van der Waals surface area contributed by atoms with E-state index >= 15 is 0 Å². The van der Waals surface area contributed by atoms with Crippen LogP contribution in [0.5, 0.6) is 5.75 Å². The smallest absolute Gasteiger partial charge is 0.335 e. The van der Waals surface area contributed by atoms with E-state index in [9.17, 15) is 19.5 Å². The first-order valence-corrected chi connectivity index (χ1v) is 10.2. The third-order valence-electron chi connectivity index (χ3n) is 4.97. The molecule has 0 radical (unpaired) electrons. The fourth-order valence-corrected chi connectivity index (χ4v) is 3.81. The van der Waals surface area contributed by atoms with Crippen molar-refractivity contribution >= 4 is 57.6 Å². The lowest BCUT2D eigenvalue weighted by Gasteiger charge is -2.29. The molecule has 1 fully saturated rings. The minimum atomic E-state index is -1.14. The Hall–Kier alpha value is -4.04. The van der Waals surface area contributed by atoms with Crippen LogP contribution in [0.2, 0.25) is 0 Å². The lowest BCUT2D eigenvalue weighted by atomic mass is 10.00. The van der Waals surface area contributed by atoms with Gasteiger partial charge < -0.3 is 9.84 Å². The highest BCUT2D eigenvalue weighted by molar-refractivity contribution is 7.80. The number of hydrogen-bond acceptors (Lipinski definition) is 5. The van der Waals surface area contributed by atoms with E-state index in [1.54, 1.807) is 18.2 Å². The Morgan fingerprint density at radius 2 is 1.84 bits per heavy atom. The van der Waals surface area contributed by atoms with Crippen molar-refractivity contribution in [3.05, 3.63) is 77.4 Å². The molecule has 7 nitrogen and oxygen atoms in total. The van der Waals surface area contributed by atoms with Gasteiger partial charge in [0.1, 0.15) is 11.3 Å². The van der Waals surface area contributed by atoms with Gasteiger partial charge in [0.05, 0.1) is 17.9 Å². The number of anilines is 1. The lowest BCUT2D eigenvalue weighted by Crippen LogP contribution is -2.54. The van der Waals surface area contributed by atoms with Crippen molar-refractivity contribution in [3.63, 3.8) is 0 Å². The van der Waals surface area contributed by atoms with Crippen molar-refractivity contribution < 1.29 is 24.2 Å². The molecule has 1 aliphatic rings. The molecule has 160 valence electrons. The van der Waals surface area contributed by atoms with Gasteiger partial charge in [-0.2, -0.15) is 0 Å². The van der Waals surface area contributed by atoms with E-state index in [-0.39, 0.29) is 21.9 Å². The zero-order chi connectivity index (χ0) is 22.8. The van der Waals surface area contributed by atoms with Crippen molar-refractivity contribution in [2.75, 3.05) is 11.5 Å². The molecule has 0 aromatic heterocycles. The number of ether oxygens (including phenoxy) is 1. The van der Waals surface area contributed by atoms with Gasteiger partial charge in [-0.15, -0.1) is 0 Å². The van der Waals surface area contributed by atoms with Crippen LogP contribution < -0.4 is 15.0 Å². The monoisotopic (exact) mass is 446 g/mol. The summed E-state index contributed by atoms with van der Waals surface area (Å²) in [5, 5.41) is 13.3. The number of rotatable bonds is 5. The molecule has 0 unspecified atom stereocenters. The lowest BCUT2D eigenvalue weighted by molar-refractivity contribution is -0.122. The minimum Gasteiger partial charge on any atom is -0.493 e. The van der Waals surface area contributed by atoms with Gasteiger partial charge in [-0.1, -0.05) is 36.4 Å². The number of nitrogens with zero attached hydrogens (tertiary/aromatic N) is 1. The summed E-state index contributed by atoms with van der Waals surface area (Å²) in [7, 11) is 0. The molecule has 32 heavy (non-hydrogen) atoms. The molecule has 1 heterocycles. The van der Waals surface area contributed by atoms with Crippen LogP contribution in [0.3, 0.4) is 0 Å². The molecule has 4 rings (SSSR count). The number of carbonyl (C=O) groups excluding carboxylic acids is 2. The van der Waals surface area contributed by atoms with Gasteiger partial charge in [-0.25, -0.2) is 4.79 Å². The zero-order valence-electron chi connectivity index (χ0n) is 17.0. The van der Waals surface area contributed by atoms with Crippen LogP contribution in [0.1, 0.15) is 22.8 Å². The van der Waals surface area contributed by atoms with Gasteiger partial charge >= 0.3 is 5.97 Å². The molecule has 1 saturated heterocycles. The highest BCUT2D eigenvalue weighted by atomic mass is 32.1. The van der Waals surface area contributed by atoms with Crippen LogP contribution in [-0.4, -0.2) is 34.6 Å². The Bertz CT molecular complexity index is 1310. The third kappa shape index (κ3) is 3.83. The van der Waals surface area contributed by atoms with Crippen LogP contribution >= 0.6 is 12.2 Å². The second-order valence-corrected chi connectivity index (χ2v) is 7.33. The minimum absolute atomic E-state index is 0.00182. The molecule has 2 N–H and O–H groups in total. The molecule has 0 bridgehead atoms. The number of carboxylic acids is 1. The maximum atomic E-state index is 13.3. The molecule has 3 aromatic rings. The van der Waals surface area contributed by atoms with Crippen molar-refractivity contribution in [3.8, 4) is 5.75 Å². The van der Waals surface area contributed by atoms with Gasteiger partial charge in [0.15, 0.2) is 5.11 Å². The third-order valence-corrected chi connectivity index (χ3v) is 5.26. The van der Waals surface area contributed by atoms with Gasteiger partial charge in [-0.3, -0.25) is 19.8 Å². The number of thiocarbonyl (C=S) groups is 1. The number of hydrogen-bond donors (Lipinski definition) is 2. The number of nitrogens with one attached hydrogen (secondary N) is 1. The molecule has 3 aromatic carbocycles. The van der Waals surface area contributed by atoms with E-state index < -0.39 is 17.8 Å². The molecule has 2 amide bonds. The fraction of sp³-hybridized carbons (Fsp3) is 0.0833. The van der Waals surface area contributed by atoms with Crippen LogP contribution in [0.15, 0.2) is 66.2 Å². The molecule has 0 saturated carbocycles. The highest BCUT2D eigenvalue weighted by Crippen LogP contribution is 2.31. The number of aromatic carboxylic acids is 1. The first-order valence-electron chi connectivity index (χ1n) is 9.80. The summed E-state index contributed by atoms with van der Waals surface area (Å²) in [5.74, 6) is -1.69. The molecule has 0 spiro atoms. The Morgan fingerprint density at radius 3 is 2.56 bits per heavy atom. The average molecular weight is 446 g/mol. The predicted molar refractivity (Wildman–Crippen MR) is 125 cm³/mol. The largest absolute Gasteiger partial charge is 0.493 e. The van der Waals surface area contributed by atoms with Crippen molar-refractivity contribution in [2.45, 2.75) is 6.92 Å². The van der Waals surface area contributed by atoms with E-state index in [1.807, 2.05) is 31.2 Å². The predicted octanol–water partition coefficient (Wildman–Crippen LogP) is 3.77. The SMILES string of the molecule is CCOc1ccc(C=C2C(=O)NC(=S)N(c3cccc(C(=O)O)c3)C2=O)c2ccccc12. The summed E-state index contributed by atoms with van der Waals surface area (Å²) in [6.45, 7) is 2.40. The van der Waals surface area contributed by atoms with Crippen LogP contribution in [0, 0.1) is 0 Å². The summed E-state index contributed by atoms with van der Waals surface area (Å²) in [6, 6.07) is 16.9.